The fourth-order valence-electron chi connectivity index (χ4n) is 10.8. The van der Waals surface area contributed by atoms with Gasteiger partial charge in [-0.15, -0.1) is 0 Å². The molecule has 9 heteroatoms. The number of rotatable bonds is 6. The smallest absolute Gasteiger partial charge is 0.187 e. The molecule has 2 aromatic carbocycles. The van der Waals surface area contributed by atoms with Crippen LogP contribution in [0.15, 0.2) is 75.5 Å². The van der Waals surface area contributed by atoms with Crippen molar-refractivity contribution in [3.63, 3.8) is 0 Å². The predicted octanol–water partition coefficient (Wildman–Crippen LogP) is 7.07. The minimum atomic E-state index is -1.03. The summed E-state index contributed by atoms with van der Waals surface area (Å²) in [4.78, 5) is 25.0. The van der Waals surface area contributed by atoms with Crippen LogP contribution in [0.4, 0.5) is 0 Å². The van der Waals surface area contributed by atoms with Gasteiger partial charge in [0.2, 0.25) is 0 Å². The Morgan fingerprint density at radius 2 is 1.91 bits per heavy atom. The van der Waals surface area contributed by atoms with E-state index < -0.39 is 35.9 Å². The summed E-state index contributed by atoms with van der Waals surface area (Å²) in [5.41, 5.74) is 14.4. The van der Waals surface area contributed by atoms with Crippen molar-refractivity contribution in [2.24, 2.45) is 38.9 Å². The lowest BCUT2D eigenvalue weighted by molar-refractivity contribution is -0.121. The number of allylic oxidation sites excluding steroid dienone is 2. The quantitative estimate of drug-likeness (QED) is 0.212. The molecule has 292 valence electrons. The Morgan fingerprint density at radius 1 is 1.05 bits per heavy atom. The summed E-state index contributed by atoms with van der Waals surface area (Å²) in [6, 6.07) is 9.86. The summed E-state index contributed by atoms with van der Waals surface area (Å²) in [5.74, 6) is 12.0. The first kappa shape index (κ1) is 36.4. The molecule has 2 aromatic rings. The molecule has 3 aliphatic carbocycles. The fraction of sp³-hybridized carbons (Fsp3) is 0.479. The van der Waals surface area contributed by atoms with E-state index in [2.05, 4.69) is 59.0 Å². The zero-order valence-corrected chi connectivity index (χ0v) is 32.5. The molecule has 9 unspecified atom stereocenters. The summed E-state index contributed by atoms with van der Waals surface area (Å²) in [5, 5.41) is 23.0. The molecular weight excluding hydrogens is 713 g/mol. The van der Waals surface area contributed by atoms with Crippen molar-refractivity contribution in [3.05, 3.63) is 93.3 Å². The molecule has 4 N–H and O–H groups in total. The number of aliphatic imine (C=N–C) groups is 2. The molecule has 0 radical (unpaired) electrons. The van der Waals surface area contributed by atoms with Gasteiger partial charge in [-0.1, -0.05) is 67.9 Å². The number of hydrogen-bond acceptors (Lipinski definition) is 9. The number of fused-ring (bicyclic) bond motifs is 6. The molecule has 10 rings (SSSR count). The van der Waals surface area contributed by atoms with Gasteiger partial charge in [-0.2, -0.15) is 0 Å². The van der Waals surface area contributed by atoms with Crippen molar-refractivity contribution in [3.8, 4) is 35.4 Å². The van der Waals surface area contributed by atoms with Crippen molar-refractivity contribution in [1.82, 2.24) is 4.90 Å². The van der Waals surface area contributed by atoms with E-state index in [-0.39, 0.29) is 30.0 Å². The molecule has 8 aliphatic rings. The van der Waals surface area contributed by atoms with Crippen molar-refractivity contribution >= 4 is 18.2 Å². The number of Topliss-reactive ketones (excluding diaryl/α,β-unsaturated/α-hetero) is 1. The Morgan fingerprint density at radius 3 is 2.75 bits per heavy atom. The number of benzene rings is 2. The highest BCUT2D eigenvalue weighted by molar-refractivity contribution is 5.90. The minimum absolute atomic E-state index is 0.0324. The Bertz CT molecular complexity index is 2290. The third-order valence-corrected chi connectivity index (χ3v) is 13.9. The normalized spacial score (nSPS) is 31.3. The van der Waals surface area contributed by atoms with Gasteiger partial charge in [0.1, 0.15) is 24.2 Å². The highest BCUT2D eigenvalue weighted by Crippen LogP contribution is 2.53. The molecule has 0 amide bonds. The second-order valence-electron chi connectivity index (χ2n) is 17.5. The van der Waals surface area contributed by atoms with Crippen LogP contribution in [0.2, 0.25) is 0 Å². The maximum Gasteiger partial charge on any atom is 0.187 e. The minimum Gasteiger partial charge on any atom is -0.465 e. The maximum atomic E-state index is 13.1. The third kappa shape index (κ3) is 6.45. The third-order valence-electron chi connectivity index (χ3n) is 13.9. The lowest BCUT2D eigenvalue weighted by Crippen LogP contribution is -2.47. The van der Waals surface area contributed by atoms with Crippen molar-refractivity contribution in [2.45, 2.75) is 114 Å². The molecule has 5 heterocycles. The fourth-order valence-corrected chi connectivity index (χ4v) is 10.8. The first-order valence-electron chi connectivity index (χ1n) is 21.0. The average Bonchev–Trinajstić information content (AvgIpc) is 3.96. The van der Waals surface area contributed by atoms with Crippen molar-refractivity contribution < 1.29 is 24.5 Å². The maximum absolute atomic E-state index is 13.1. The van der Waals surface area contributed by atoms with E-state index in [4.69, 9.17) is 20.2 Å². The van der Waals surface area contributed by atoms with Crippen LogP contribution in [-0.4, -0.2) is 52.2 Å². The average molecular weight is 763 g/mol. The number of aliphatic hydroxyl groups excluding tert-OH is 2. The van der Waals surface area contributed by atoms with Gasteiger partial charge in [-0.3, -0.25) is 14.8 Å². The van der Waals surface area contributed by atoms with E-state index in [1.807, 2.05) is 42.8 Å². The van der Waals surface area contributed by atoms with E-state index >= 15 is 0 Å². The second kappa shape index (κ2) is 14.5. The zero-order valence-electron chi connectivity index (χ0n) is 32.5. The number of aryl methyl sites for hydroxylation is 1. The highest BCUT2D eigenvalue weighted by atomic mass is 16.5. The van der Waals surface area contributed by atoms with E-state index in [0.29, 0.717) is 36.8 Å². The van der Waals surface area contributed by atoms with Crippen molar-refractivity contribution in [1.29, 1.82) is 0 Å². The summed E-state index contributed by atoms with van der Waals surface area (Å²) in [6.07, 6.45) is 19.2. The van der Waals surface area contributed by atoms with Crippen LogP contribution in [0, 0.1) is 47.0 Å². The van der Waals surface area contributed by atoms with Gasteiger partial charge in [0.05, 0.1) is 23.1 Å². The van der Waals surface area contributed by atoms with Gasteiger partial charge >= 0.3 is 0 Å². The molecule has 9 atom stereocenters. The number of nitrogens with zero attached hydrogens (tertiary/aromatic N) is 3. The topological polar surface area (TPSA) is 130 Å². The number of ether oxygens (including phenoxy) is 2. The van der Waals surface area contributed by atoms with Crippen LogP contribution in [-0.2, 0) is 11.2 Å². The van der Waals surface area contributed by atoms with Gasteiger partial charge < -0.3 is 30.3 Å². The summed E-state index contributed by atoms with van der Waals surface area (Å²) < 4.78 is 13.3. The Balaban J connectivity index is 1.01. The molecule has 5 aliphatic heterocycles. The van der Waals surface area contributed by atoms with Gasteiger partial charge in [0, 0.05) is 61.3 Å². The number of hydrogen-bond donors (Lipinski definition) is 3. The van der Waals surface area contributed by atoms with E-state index in [0.717, 1.165) is 79.3 Å². The Labute approximate surface area is 334 Å². The lowest BCUT2D eigenvalue weighted by Gasteiger charge is -2.40. The van der Waals surface area contributed by atoms with Crippen LogP contribution in [0.3, 0.4) is 0 Å². The van der Waals surface area contributed by atoms with Crippen LogP contribution < -0.4 is 15.2 Å². The van der Waals surface area contributed by atoms with Gasteiger partial charge in [0.25, 0.3) is 0 Å². The first-order valence-corrected chi connectivity index (χ1v) is 21.0. The number of ketones is 1. The Hall–Kier alpha value is -4.93. The van der Waals surface area contributed by atoms with Gasteiger partial charge in [-0.25, -0.2) is 0 Å². The summed E-state index contributed by atoms with van der Waals surface area (Å²) >= 11 is 0. The second-order valence-corrected chi connectivity index (χ2v) is 17.5. The highest BCUT2D eigenvalue weighted by Gasteiger charge is 2.49. The van der Waals surface area contributed by atoms with Crippen LogP contribution >= 0.6 is 0 Å². The summed E-state index contributed by atoms with van der Waals surface area (Å²) in [7, 11) is 0. The number of carbonyl (C=O) groups is 1. The molecular formula is C48H50N4O5. The Kier molecular flexibility index (Phi) is 9.24. The molecule has 57 heavy (non-hydrogen) atoms. The monoisotopic (exact) mass is 762 g/mol. The number of aliphatic hydroxyl groups is 2. The van der Waals surface area contributed by atoms with E-state index in [1.165, 1.54) is 16.7 Å². The molecule has 0 aromatic heterocycles. The molecule has 1 spiro atoms. The number of nitrogens with two attached hydrogens (primary N) is 1. The number of carbonyl (C=O) groups excluding carboxylic acids is 1. The van der Waals surface area contributed by atoms with Crippen LogP contribution in [0.1, 0.15) is 123 Å². The summed E-state index contributed by atoms with van der Waals surface area (Å²) in [6.45, 7) is 2.78. The standard InChI is InChI=1S/C48H50N4O5/c1-28-4-8-30(9-5-28)41(55)23-32(53)11-6-29-7-17-42-43(22-29)57-47-38(48(20-21-56-42)18-2-3-19-48)15-16-40(54)34-13-14-35-44-31(24-51-46(35)49)10-12-33(45(34)44)36-25-50-39-27-52(47)26-37(36)39/h4,7-8,13-14,17,22,24-25,27-28,30-31,33,38,40-41,46-47,54-55H,2-3,5-6,9-12,18-19,23,26,49H2,1H3. The first-order chi connectivity index (χ1) is 27.7. The van der Waals surface area contributed by atoms with Gasteiger partial charge in [-0.05, 0) is 96.4 Å². The van der Waals surface area contributed by atoms with Crippen molar-refractivity contribution in [2.75, 3.05) is 6.54 Å². The molecule has 2 bridgehead atoms. The zero-order chi connectivity index (χ0) is 38.8. The van der Waals surface area contributed by atoms with Crippen LogP contribution in [0.25, 0.3) is 0 Å². The molecule has 9 nitrogen and oxygen atoms in total. The molecule has 1 saturated carbocycles. The predicted molar refractivity (Wildman–Crippen MR) is 218 cm³/mol. The molecule has 1 fully saturated rings. The lowest BCUT2D eigenvalue weighted by atomic mass is 9.68. The van der Waals surface area contributed by atoms with Gasteiger partial charge in [0.15, 0.2) is 17.7 Å². The molecule has 0 saturated heterocycles. The van der Waals surface area contributed by atoms with Crippen LogP contribution in [0.5, 0.6) is 11.5 Å². The van der Waals surface area contributed by atoms with E-state index in [9.17, 15) is 15.0 Å². The SMILES string of the molecule is CC1C=CC(C(O)CC(=O)CCc2ccc3c(c2)OC2C(C#CC(O)c4ccc5c6c4C(CCC6C=NC5N)C4=C5CN2C=C5N=C4)C2(C#CO3)CCCC2)CC1. The van der Waals surface area contributed by atoms with E-state index in [1.54, 1.807) is 0 Å². The largest absolute Gasteiger partial charge is 0.465 e.